The average Bonchev–Trinajstić information content (AvgIpc) is 2.99. The van der Waals surface area contributed by atoms with Gasteiger partial charge in [-0.25, -0.2) is 9.69 Å². The Kier molecular flexibility index (Phi) is 6.81. The minimum atomic E-state index is -0.710. The molecule has 0 unspecified atom stereocenters. The normalized spacial score (nSPS) is 14.6. The Labute approximate surface area is 184 Å². The van der Waals surface area contributed by atoms with Gasteiger partial charge in [0.2, 0.25) is 0 Å². The van der Waals surface area contributed by atoms with Crippen molar-refractivity contribution < 1.29 is 28.6 Å². The summed E-state index contributed by atoms with van der Waals surface area (Å²) >= 11 is 6.40. The number of benzene rings is 2. The van der Waals surface area contributed by atoms with Crippen LogP contribution < -0.4 is 14.8 Å². The first-order valence-electron chi connectivity index (χ1n) is 9.29. The number of urea groups is 1. The van der Waals surface area contributed by atoms with E-state index in [2.05, 4.69) is 10.1 Å². The van der Waals surface area contributed by atoms with E-state index < -0.39 is 24.5 Å². The minimum absolute atomic E-state index is 0.000418. The third kappa shape index (κ3) is 5.16. The van der Waals surface area contributed by atoms with Crippen LogP contribution >= 0.6 is 11.6 Å². The minimum Gasteiger partial charge on any atom is -0.493 e. The van der Waals surface area contributed by atoms with Crippen LogP contribution in [0.15, 0.2) is 42.1 Å². The molecule has 31 heavy (non-hydrogen) atoms. The van der Waals surface area contributed by atoms with Crippen molar-refractivity contribution in [2.75, 3.05) is 20.8 Å². The van der Waals surface area contributed by atoms with E-state index in [0.717, 1.165) is 16.0 Å². The molecule has 3 rings (SSSR count). The molecule has 1 N–H and O–H groups in total. The average molecular weight is 445 g/mol. The van der Waals surface area contributed by atoms with Crippen molar-refractivity contribution in [2.45, 2.75) is 13.5 Å². The van der Waals surface area contributed by atoms with Crippen LogP contribution in [-0.2, 0) is 20.9 Å². The number of carbonyl (C=O) groups excluding carboxylic acids is 3. The smallest absolute Gasteiger partial charge is 0.329 e. The van der Waals surface area contributed by atoms with Gasteiger partial charge in [-0.15, -0.1) is 0 Å². The second-order valence-corrected chi connectivity index (χ2v) is 7.17. The summed E-state index contributed by atoms with van der Waals surface area (Å²) in [7, 11) is 2.65. The molecule has 2 aromatic rings. The number of carbonyl (C=O) groups is 3. The summed E-state index contributed by atoms with van der Waals surface area (Å²) in [4.78, 5) is 36.6. The predicted molar refractivity (Wildman–Crippen MR) is 114 cm³/mol. The van der Waals surface area contributed by atoms with E-state index in [9.17, 15) is 14.4 Å². The van der Waals surface area contributed by atoms with E-state index in [1.807, 2.05) is 31.2 Å². The fourth-order valence-electron chi connectivity index (χ4n) is 3.00. The Hall–Kier alpha value is -3.52. The molecule has 0 atom stereocenters. The molecule has 1 aliphatic heterocycles. The number of hydrogen-bond acceptors (Lipinski definition) is 6. The van der Waals surface area contributed by atoms with Gasteiger partial charge in [0, 0.05) is 0 Å². The van der Waals surface area contributed by atoms with E-state index in [1.165, 1.54) is 20.3 Å². The number of halogens is 1. The first-order valence-corrected chi connectivity index (χ1v) is 9.67. The van der Waals surface area contributed by atoms with Gasteiger partial charge in [0.25, 0.3) is 5.91 Å². The molecule has 1 aliphatic rings. The van der Waals surface area contributed by atoms with Crippen molar-refractivity contribution in [3.63, 3.8) is 0 Å². The van der Waals surface area contributed by atoms with Gasteiger partial charge in [-0.3, -0.25) is 9.59 Å². The van der Waals surface area contributed by atoms with Crippen molar-refractivity contribution in [3.8, 4) is 11.5 Å². The number of esters is 1. The quantitative estimate of drug-likeness (QED) is 0.400. The van der Waals surface area contributed by atoms with Gasteiger partial charge in [-0.1, -0.05) is 41.4 Å². The number of aryl methyl sites for hydroxylation is 1. The highest BCUT2D eigenvalue weighted by atomic mass is 35.5. The van der Waals surface area contributed by atoms with Crippen LogP contribution in [0.3, 0.4) is 0 Å². The third-order valence-electron chi connectivity index (χ3n) is 4.51. The lowest BCUT2D eigenvalue weighted by Gasteiger charge is -2.14. The molecule has 0 aromatic heterocycles. The van der Waals surface area contributed by atoms with Crippen molar-refractivity contribution >= 4 is 35.6 Å². The molecule has 3 amide bonds. The number of hydrogen-bond donors (Lipinski definition) is 1. The van der Waals surface area contributed by atoms with E-state index in [-0.39, 0.29) is 10.7 Å². The molecule has 162 valence electrons. The standard InChI is InChI=1S/C22H21ClN2O6/c1-13-5-4-6-14(7-13)12-31-20-16(23)8-15(10-18(20)29-2)9-17-21(27)25(22(28)24-17)11-19(26)30-3/h4-10H,11-12H2,1-3H3,(H,24,28)/b17-9+. The third-order valence-corrected chi connectivity index (χ3v) is 4.79. The Morgan fingerprint density at radius 2 is 1.97 bits per heavy atom. The summed E-state index contributed by atoms with van der Waals surface area (Å²) in [5.41, 5.74) is 2.61. The predicted octanol–water partition coefficient (Wildman–Crippen LogP) is 3.30. The van der Waals surface area contributed by atoms with Crippen LogP contribution in [0.2, 0.25) is 5.02 Å². The first kappa shape index (κ1) is 22.2. The highest BCUT2D eigenvalue weighted by Gasteiger charge is 2.35. The lowest BCUT2D eigenvalue weighted by Crippen LogP contribution is -2.36. The van der Waals surface area contributed by atoms with Crippen LogP contribution in [0, 0.1) is 6.92 Å². The topological polar surface area (TPSA) is 94.2 Å². The summed E-state index contributed by atoms with van der Waals surface area (Å²) in [6.45, 7) is 1.82. The molecular weight excluding hydrogens is 424 g/mol. The molecule has 9 heteroatoms. The number of nitrogens with one attached hydrogen (secondary N) is 1. The fourth-order valence-corrected chi connectivity index (χ4v) is 3.27. The zero-order chi connectivity index (χ0) is 22.5. The maximum atomic E-state index is 12.4. The van der Waals surface area contributed by atoms with Gasteiger partial charge in [-0.05, 0) is 36.3 Å². The second kappa shape index (κ2) is 9.53. The molecule has 0 radical (unpaired) electrons. The van der Waals surface area contributed by atoms with Gasteiger partial charge < -0.3 is 19.5 Å². The zero-order valence-corrected chi connectivity index (χ0v) is 18.0. The van der Waals surface area contributed by atoms with E-state index in [0.29, 0.717) is 23.7 Å². The molecule has 1 heterocycles. The molecule has 0 spiro atoms. The fraction of sp³-hybridized carbons (Fsp3) is 0.227. The number of rotatable bonds is 7. The van der Waals surface area contributed by atoms with Crippen molar-refractivity contribution in [3.05, 3.63) is 63.8 Å². The molecular formula is C22H21ClN2O6. The second-order valence-electron chi connectivity index (χ2n) is 6.77. The van der Waals surface area contributed by atoms with Crippen LogP contribution in [-0.4, -0.2) is 43.6 Å². The number of methoxy groups -OCH3 is 2. The van der Waals surface area contributed by atoms with Crippen LogP contribution in [0.1, 0.15) is 16.7 Å². The van der Waals surface area contributed by atoms with Gasteiger partial charge in [0.15, 0.2) is 11.5 Å². The Morgan fingerprint density at radius 3 is 2.65 bits per heavy atom. The highest BCUT2D eigenvalue weighted by Crippen LogP contribution is 2.37. The number of nitrogens with zero attached hydrogens (tertiary/aromatic N) is 1. The first-order chi connectivity index (χ1) is 14.8. The molecule has 1 fully saturated rings. The Bertz CT molecular complexity index is 1070. The van der Waals surface area contributed by atoms with Crippen LogP contribution in [0.5, 0.6) is 11.5 Å². The number of amides is 3. The SMILES string of the molecule is COC(=O)CN1C(=O)N/C(=C/c2cc(Cl)c(OCc3cccc(C)c3)c(OC)c2)C1=O. The summed E-state index contributed by atoms with van der Waals surface area (Å²) in [6, 6.07) is 10.4. The molecule has 0 saturated carbocycles. The van der Waals surface area contributed by atoms with Crippen LogP contribution in [0.4, 0.5) is 4.79 Å². The van der Waals surface area contributed by atoms with Crippen molar-refractivity contribution in [1.82, 2.24) is 10.2 Å². The zero-order valence-electron chi connectivity index (χ0n) is 17.2. The van der Waals surface area contributed by atoms with E-state index in [1.54, 1.807) is 12.1 Å². The largest absolute Gasteiger partial charge is 0.493 e. The lowest BCUT2D eigenvalue weighted by atomic mass is 10.1. The number of imide groups is 1. The van der Waals surface area contributed by atoms with Gasteiger partial charge >= 0.3 is 12.0 Å². The molecule has 1 saturated heterocycles. The van der Waals surface area contributed by atoms with Gasteiger partial charge in [0.05, 0.1) is 19.2 Å². The molecule has 0 aliphatic carbocycles. The maximum Gasteiger partial charge on any atom is 0.329 e. The van der Waals surface area contributed by atoms with Crippen molar-refractivity contribution in [2.24, 2.45) is 0 Å². The van der Waals surface area contributed by atoms with Gasteiger partial charge in [-0.2, -0.15) is 0 Å². The summed E-state index contributed by atoms with van der Waals surface area (Å²) in [6.07, 6.45) is 1.44. The summed E-state index contributed by atoms with van der Waals surface area (Å²) in [5, 5.41) is 2.71. The van der Waals surface area contributed by atoms with E-state index in [4.69, 9.17) is 21.1 Å². The Balaban J connectivity index is 1.81. The molecule has 2 aromatic carbocycles. The van der Waals surface area contributed by atoms with Crippen molar-refractivity contribution in [1.29, 1.82) is 0 Å². The maximum absolute atomic E-state index is 12.4. The lowest BCUT2D eigenvalue weighted by molar-refractivity contribution is -0.143. The monoisotopic (exact) mass is 444 g/mol. The van der Waals surface area contributed by atoms with Crippen LogP contribution in [0.25, 0.3) is 6.08 Å². The highest BCUT2D eigenvalue weighted by molar-refractivity contribution is 6.32. The molecule has 0 bridgehead atoms. The van der Waals surface area contributed by atoms with E-state index >= 15 is 0 Å². The summed E-state index contributed by atoms with van der Waals surface area (Å²) in [5.74, 6) is -0.619. The number of ether oxygens (including phenoxy) is 3. The molecule has 8 nitrogen and oxygen atoms in total. The summed E-state index contributed by atoms with van der Waals surface area (Å²) < 4.78 is 15.8. The van der Waals surface area contributed by atoms with Gasteiger partial charge in [0.1, 0.15) is 18.8 Å². The Morgan fingerprint density at radius 1 is 1.19 bits per heavy atom.